The third-order valence-electron chi connectivity index (χ3n) is 4.09. The first-order chi connectivity index (χ1) is 13.9. The van der Waals surface area contributed by atoms with Crippen molar-refractivity contribution >= 4 is 0 Å². The first kappa shape index (κ1) is 20.3. The topological polar surface area (TPSA) is 12.9 Å². The van der Waals surface area contributed by atoms with Gasteiger partial charge in [-0.3, -0.25) is 0 Å². The molecule has 0 unspecified atom stereocenters. The summed E-state index contributed by atoms with van der Waals surface area (Å²) in [6, 6.07) is 32.9. The quantitative estimate of drug-likeness (QED) is 0.232. The Morgan fingerprint density at radius 2 is 1.14 bits per heavy atom. The molecule has 0 saturated heterocycles. The minimum absolute atomic E-state index is 0. The number of aromatic nitrogens is 1. The van der Waals surface area contributed by atoms with Gasteiger partial charge in [-0.15, -0.1) is 29.8 Å². The van der Waals surface area contributed by atoms with Crippen LogP contribution in [0.2, 0.25) is 0 Å². The normalized spacial score (nSPS) is 9.24. The third kappa shape index (κ3) is 5.78. The average molecular weight is 547 g/mol. The Morgan fingerprint density at radius 3 is 1.76 bits per heavy atom. The average Bonchev–Trinajstić information content (AvgIpc) is 2.78. The Balaban J connectivity index is 0.00000240. The summed E-state index contributed by atoms with van der Waals surface area (Å²) in [4.78, 5) is 4.48. The summed E-state index contributed by atoms with van der Waals surface area (Å²) < 4.78 is 0. The van der Waals surface area contributed by atoms with Crippen LogP contribution >= 0.6 is 0 Å². The van der Waals surface area contributed by atoms with E-state index in [1.807, 2.05) is 91.0 Å². The van der Waals surface area contributed by atoms with E-state index >= 15 is 0 Å². The number of hydrogen-bond donors (Lipinski definition) is 0. The molecule has 29 heavy (non-hydrogen) atoms. The fourth-order valence-electron chi connectivity index (χ4n) is 2.68. The fraction of sp³-hybridized carbons (Fsp3) is 0. The van der Waals surface area contributed by atoms with Crippen LogP contribution in [0, 0.1) is 29.7 Å². The molecule has 3 aromatic carbocycles. The van der Waals surface area contributed by atoms with E-state index in [1.54, 1.807) is 6.20 Å². The summed E-state index contributed by atoms with van der Waals surface area (Å²) in [6.07, 6.45) is 1.78. The monoisotopic (exact) mass is 547 g/mol. The van der Waals surface area contributed by atoms with Gasteiger partial charge >= 0.3 is 0 Å². The van der Waals surface area contributed by atoms with Crippen LogP contribution in [0.25, 0.3) is 11.3 Å². The van der Waals surface area contributed by atoms with E-state index in [0.717, 1.165) is 33.5 Å². The Hall–Kier alpha value is -3.42. The summed E-state index contributed by atoms with van der Waals surface area (Å²) >= 11 is 0. The third-order valence-corrected chi connectivity index (χ3v) is 4.09. The molecule has 1 aromatic heterocycles. The van der Waals surface area contributed by atoms with Crippen LogP contribution in [0.15, 0.2) is 97.2 Å². The van der Waals surface area contributed by atoms with Crippen molar-refractivity contribution in [1.82, 2.24) is 4.98 Å². The van der Waals surface area contributed by atoms with Gasteiger partial charge in [-0.1, -0.05) is 71.7 Å². The minimum atomic E-state index is 0. The fourth-order valence-corrected chi connectivity index (χ4v) is 2.68. The van der Waals surface area contributed by atoms with Gasteiger partial charge in [-0.25, -0.2) is 0 Å². The molecule has 0 atom stereocenters. The molecule has 0 amide bonds. The number of pyridine rings is 1. The van der Waals surface area contributed by atoms with Crippen molar-refractivity contribution < 1.29 is 20.1 Å². The molecule has 4 aromatic rings. The Bertz CT molecular complexity index is 1110. The maximum atomic E-state index is 4.48. The maximum Gasteiger partial charge on any atom is 0.0249 e. The Kier molecular flexibility index (Phi) is 7.16. The summed E-state index contributed by atoms with van der Waals surface area (Å²) in [7, 11) is 0. The second-order valence-electron chi connectivity index (χ2n) is 6.15. The summed E-state index contributed by atoms with van der Waals surface area (Å²) in [5.41, 5.74) is 5.58. The molecule has 0 N–H and O–H groups in total. The van der Waals surface area contributed by atoms with Crippen LogP contribution in [0.5, 0.6) is 0 Å². The summed E-state index contributed by atoms with van der Waals surface area (Å²) in [5.74, 6) is 12.8. The van der Waals surface area contributed by atoms with Gasteiger partial charge in [0.2, 0.25) is 0 Å². The van der Waals surface area contributed by atoms with Gasteiger partial charge in [0.05, 0.1) is 0 Å². The molecular weight excluding hydrogens is 531 g/mol. The van der Waals surface area contributed by atoms with E-state index in [-0.39, 0.29) is 20.1 Å². The van der Waals surface area contributed by atoms with E-state index in [4.69, 9.17) is 0 Å². The van der Waals surface area contributed by atoms with Gasteiger partial charge in [0.15, 0.2) is 0 Å². The second-order valence-corrected chi connectivity index (χ2v) is 6.15. The van der Waals surface area contributed by atoms with Gasteiger partial charge < -0.3 is 4.98 Å². The molecule has 0 aliphatic heterocycles. The molecule has 0 aliphatic carbocycles. The van der Waals surface area contributed by atoms with E-state index in [9.17, 15) is 0 Å². The zero-order chi connectivity index (χ0) is 19.0. The van der Waals surface area contributed by atoms with E-state index in [0.29, 0.717) is 0 Å². The molecule has 0 aliphatic rings. The zero-order valence-electron chi connectivity index (χ0n) is 15.5. The minimum Gasteiger partial charge on any atom is -0.305 e. The van der Waals surface area contributed by atoms with Crippen LogP contribution in [-0.2, 0) is 20.1 Å². The second kappa shape index (κ2) is 10.2. The molecule has 1 heterocycles. The number of rotatable bonds is 1. The van der Waals surface area contributed by atoms with E-state index in [1.165, 1.54) is 0 Å². The summed E-state index contributed by atoms with van der Waals surface area (Å²) in [5, 5.41) is 0. The molecule has 0 bridgehead atoms. The molecule has 139 valence electrons. The smallest absolute Gasteiger partial charge is 0.0249 e. The van der Waals surface area contributed by atoms with Gasteiger partial charge in [0, 0.05) is 43.0 Å². The van der Waals surface area contributed by atoms with Crippen LogP contribution in [0.4, 0.5) is 0 Å². The first-order valence-electron chi connectivity index (χ1n) is 8.99. The zero-order valence-corrected chi connectivity index (χ0v) is 17.9. The number of hydrogen-bond acceptors (Lipinski definition) is 1. The van der Waals surface area contributed by atoms with E-state index < -0.39 is 0 Å². The predicted molar refractivity (Wildman–Crippen MR) is 113 cm³/mol. The number of nitrogens with zero attached hydrogens (tertiary/aromatic N) is 1. The van der Waals surface area contributed by atoms with Crippen molar-refractivity contribution in [1.29, 1.82) is 0 Å². The van der Waals surface area contributed by atoms with Crippen molar-refractivity contribution in [2.24, 2.45) is 0 Å². The molecule has 0 saturated carbocycles. The largest absolute Gasteiger partial charge is 0.305 e. The maximum absolute atomic E-state index is 4.48. The van der Waals surface area contributed by atoms with Gasteiger partial charge in [-0.05, 0) is 36.0 Å². The standard InChI is InChI=1S/C27H16N.Ir/c1-3-8-22(9-4-1)14-16-24-12-7-13-26(20-24)27-21-25(18-19-28-27)17-15-23-10-5-2-6-11-23;/h1-12,18-21H;/q-1;. The molecule has 1 radical (unpaired) electrons. The molecule has 0 fully saturated rings. The van der Waals surface area contributed by atoms with Crippen molar-refractivity contribution in [3.05, 3.63) is 126 Å². The molecule has 4 rings (SSSR count). The van der Waals surface area contributed by atoms with Crippen molar-refractivity contribution in [2.45, 2.75) is 0 Å². The van der Waals surface area contributed by atoms with Crippen LogP contribution < -0.4 is 0 Å². The van der Waals surface area contributed by atoms with Gasteiger partial charge in [-0.2, -0.15) is 0 Å². The van der Waals surface area contributed by atoms with Crippen molar-refractivity contribution in [2.75, 3.05) is 0 Å². The number of benzene rings is 3. The molecular formula is C27H16IrN-. The Morgan fingerprint density at radius 1 is 0.586 bits per heavy atom. The van der Waals surface area contributed by atoms with Crippen LogP contribution in [-0.4, -0.2) is 4.98 Å². The molecule has 0 spiro atoms. The van der Waals surface area contributed by atoms with Gasteiger partial charge in [0.25, 0.3) is 0 Å². The van der Waals surface area contributed by atoms with E-state index in [2.05, 4.69) is 34.7 Å². The first-order valence-corrected chi connectivity index (χ1v) is 8.99. The van der Waals surface area contributed by atoms with Crippen molar-refractivity contribution in [3.8, 4) is 34.9 Å². The predicted octanol–water partition coefficient (Wildman–Crippen LogP) is 5.35. The molecule has 2 heteroatoms. The van der Waals surface area contributed by atoms with Crippen LogP contribution in [0.1, 0.15) is 22.3 Å². The summed E-state index contributed by atoms with van der Waals surface area (Å²) in [6.45, 7) is 0. The van der Waals surface area contributed by atoms with Crippen molar-refractivity contribution in [3.63, 3.8) is 0 Å². The SMILES string of the molecule is C(#Cc1cc[c-]c(-c2cc(C#Cc3ccccc3)ccn2)c1)c1ccccc1.[Ir]. The van der Waals surface area contributed by atoms with Gasteiger partial charge in [0.1, 0.15) is 0 Å². The Labute approximate surface area is 185 Å². The van der Waals surface area contributed by atoms with Crippen LogP contribution in [0.3, 0.4) is 0 Å². The molecule has 1 nitrogen and oxygen atoms in total.